The number of aliphatic carboxylic acids is 2. The van der Waals surface area contributed by atoms with Crippen LogP contribution in [0.1, 0.15) is 38.5 Å². The Morgan fingerprint density at radius 3 is 1.37 bits per heavy atom. The fourth-order valence-corrected chi connectivity index (χ4v) is 0.988. The van der Waals surface area contributed by atoms with E-state index in [0.717, 1.165) is 0 Å². The molecule has 0 unspecified atom stereocenters. The molecule has 0 aromatic heterocycles. The van der Waals surface area contributed by atoms with Gasteiger partial charge in [-0.3, -0.25) is 9.59 Å². The van der Waals surface area contributed by atoms with Crippen LogP contribution in [0.4, 0.5) is 0 Å². The van der Waals surface area contributed by atoms with Crippen molar-refractivity contribution in [3.8, 4) is 0 Å². The smallest absolute Gasteiger partial charge is 0.303 e. The fraction of sp³-hybridized carbons (Fsp3) is 0.833. The average Bonchev–Trinajstić information content (AvgIpc) is 2.35. The number of unbranched alkanes of at least 4 members (excludes halogenated alkanes) is 1. The Balaban J connectivity index is 0. The molecule has 0 fully saturated rings. The van der Waals surface area contributed by atoms with Gasteiger partial charge >= 0.3 is 11.9 Å². The molecule has 0 aromatic carbocycles. The Kier molecular flexibility index (Phi) is 17.8. The number of carboxylic acid groups (broad SMARTS) is 2. The van der Waals surface area contributed by atoms with Crippen LogP contribution in [0.5, 0.6) is 0 Å². The summed E-state index contributed by atoms with van der Waals surface area (Å²) in [6.07, 6.45) is 2.39. The first kappa shape index (κ1) is 20.1. The van der Waals surface area contributed by atoms with Gasteiger partial charge in [-0.1, -0.05) is 0 Å². The zero-order valence-electron chi connectivity index (χ0n) is 11.1. The Morgan fingerprint density at radius 2 is 1.11 bits per heavy atom. The first-order valence-electron chi connectivity index (χ1n) is 6.27. The van der Waals surface area contributed by atoms with Crippen molar-refractivity contribution >= 4 is 11.9 Å². The number of rotatable bonds is 11. The second kappa shape index (κ2) is 16.8. The van der Waals surface area contributed by atoms with Crippen molar-refractivity contribution in [3.63, 3.8) is 0 Å². The van der Waals surface area contributed by atoms with Crippen molar-refractivity contribution in [2.24, 2.45) is 0 Å². The molecule has 0 aliphatic heterocycles. The van der Waals surface area contributed by atoms with Gasteiger partial charge in [-0.05, 0) is 25.7 Å². The van der Waals surface area contributed by atoms with Gasteiger partial charge in [-0.15, -0.1) is 0 Å². The van der Waals surface area contributed by atoms with Crippen LogP contribution in [0.25, 0.3) is 0 Å². The number of carbonyl (C=O) groups is 2. The van der Waals surface area contributed by atoms with Gasteiger partial charge < -0.3 is 25.2 Å². The lowest BCUT2D eigenvalue weighted by Crippen LogP contribution is -2.00. The van der Waals surface area contributed by atoms with Crippen LogP contribution in [0.2, 0.25) is 0 Å². The van der Waals surface area contributed by atoms with Crippen molar-refractivity contribution in [2.75, 3.05) is 26.4 Å². The van der Waals surface area contributed by atoms with E-state index in [0.29, 0.717) is 38.9 Å². The minimum absolute atomic E-state index is 0.0628. The molecule has 0 amide bonds. The highest BCUT2D eigenvalue weighted by Gasteiger charge is 1.99. The summed E-state index contributed by atoms with van der Waals surface area (Å²) >= 11 is 0. The highest BCUT2D eigenvalue weighted by molar-refractivity contribution is 5.67. The summed E-state index contributed by atoms with van der Waals surface area (Å²) in [7, 11) is 0. The van der Waals surface area contributed by atoms with Gasteiger partial charge in [0.15, 0.2) is 0 Å². The summed E-state index contributed by atoms with van der Waals surface area (Å²) in [6, 6.07) is 0. The standard InChI is InChI=1S/C6H10O4.C6H14O3/c7-5(8)3-1-2-4-6(9)10;7-3-1-5-9-6-2-4-8/h1-4H2,(H,7,8)(H,9,10);7-8H,1-6H2. The van der Waals surface area contributed by atoms with E-state index < -0.39 is 11.9 Å². The number of carboxylic acids is 2. The lowest BCUT2D eigenvalue weighted by molar-refractivity contribution is -0.139. The van der Waals surface area contributed by atoms with E-state index in [4.69, 9.17) is 25.2 Å². The largest absolute Gasteiger partial charge is 0.481 e. The minimum atomic E-state index is -0.870. The van der Waals surface area contributed by atoms with Gasteiger partial charge in [-0.25, -0.2) is 0 Å². The summed E-state index contributed by atoms with van der Waals surface area (Å²) in [5, 5.41) is 32.8. The van der Waals surface area contributed by atoms with E-state index in [1.165, 1.54) is 0 Å². The summed E-state index contributed by atoms with van der Waals surface area (Å²) in [6.45, 7) is 1.55. The molecule has 19 heavy (non-hydrogen) atoms. The Bertz CT molecular complexity index is 196. The molecular weight excluding hydrogens is 256 g/mol. The van der Waals surface area contributed by atoms with E-state index >= 15 is 0 Å². The van der Waals surface area contributed by atoms with Gasteiger partial charge in [0, 0.05) is 39.3 Å². The van der Waals surface area contributed by atoms with Gasteiger partial charge in [0.2, 0.25) is 0 Å². The highest BCUT2D eigenvalue weighted by Crippen LogP contribution is 1.98. The molecule has 0 saturated carbocycles. The second-order valence-corrected chi connectivity index (χ2v) is 3.76. The van der Waals surface area contributed by atoms with E-state index in [-0.39, 0.29) is 26.1 Å². The van der Waals surface area contributed by atoms with Crippen molar-refractivity contribution in [3.05, 3.63) is 0 Å². The van der Waals surface area contributed by atoms with Crippen molar-refractivity contribution in [1.82, 2.24) is 0 Å². The molecule has 0 spiro atoms. The topological polar surface area (TPSA) is 124 Å². The summed E-state index contributed by atoms with van der Waals surface area (Å²) in [5.74, 6) is -1.74. The van der Waals surface area contributed by atoms with Crippen LogP contribution in [0.15, 0.2) is 0 Å². The molecule has 0 aromatic rings. The normalized spacial score (nSPS) is 9.58. The van der Waals surface area contributed by atoms with Crippen LogP contribution in [-0.2, 0) is 14.3 Å². The maximum absolute atomic E-state index is 9.90. The molecular formula is C12H24O7. The minimum Gasteiger partial charge on any atom is -0.481 e. The van der Waals surface area contributed by atoms with Crippen molar-refractivity contribution in [1.29, 1.82) is 0 Å². The van der Waals surface area contributed by atoms with E-state index in [9.17, 15) is 9.59 Å². The number of hydrogen-bond acceptors (Lipinski definition) is 5. The molecule has 4 N–H and O–H groups in total. The Hall–Kier alpha value is -1.18. The maximum atomic E-state index is 9.90. The lowest BCUT2D eigenvalue weighted by atomic mass is 10.2. The molecule has 0 heterocycles. The van der Waals surface area contributed by atoms with Crippen LogP contribution >= 0.6 is 0 Å². The van der Waals surface area contributed by atoms with E-state index in [1.54, 1.807) is 0 Å². The predicted octanol–water partition coefficient (Wildman–Crippen LogP) is 0.484. The average molecular weight is 280 g/mol. The fourth-order valence-electron chi connectivity index (χ4n) is 0.988. The van der Waals surface area contributed by atoms with E-state index in [1.807, 2.05) is 0 Å². The molecule has 0 aliphatic carbocycles. The molecule has 0 radical (unpaired) electrons. The molecule has 0 rings (SSSR count). The van der Waals surface area contributed by atoms with Crippen LogP contribution in [0.3, 0.4) is 0 Å². The van der Waals surface area contributed by atoms with Gasteiger partial charge in [-0.2, -0.15) is 0 Å². The van der Waals surface area contributed by atoms with Crippen LogP contribution < -0.4 is 0 Å². The van der Waals surface area contributed by atoms with Gasteiger partial charge in [0.05, 0.1) is 0 Å². The van der Waals surface area contributed by atoms with E-state index in [2.05, 4.69) is 0 Å². The molecule has 0 aliphatic rings. The molecule has 0 bridgehead atoms. The van der Waals surface area contributed by atoms with Crippen molar-refractivity contribution < 1.29 is 34.8 Å². The predicted molar refractivity (Wildman–Crippen MR) is 68.0 cm³/mol. The summed E-state index contributed by atoms with van der Waals surface area (Å²) in [4.78, 5) is 19.8. The molecule has 7 heteroatoms. The van der Waals surface area contributed by atoms with Crippen LogP contribution in [0, 0.1) is 0 Å². The Labute approximate surface area is 112 Å². The monoisotopic (exact) mass is 280 g/mol. The second-order valence-electron chi connectivity index (χ2n) is 3.76. The Morgan fingerprint density at radius 1 is 0.737 bits per heavy atom. The molecule has 0 saturated heterocycles. The zero-order chi connectivity index (χ0) is 14.9. The third-order valence-corrected chi connectivity index (χ3v) is 1.92. The van der Waals surface area contributed by atoms with Gasteiger partial charge in [0.1, 0.15) is 0 Å². The number of hydrogen-bond donors (Lipinski definition) is 4. The SMILES string of the molecule is O=C(O)CCCCC(=O)O.OCCCOCCCO. The summed E-state index contributed by atoms with van der Waals surface area (Å²) < 4.78 is 4.99. The molecule has 7 nitrogen and oxygen atoms in total. The van der Waals surface area contributed by atoms with Crippen LogP contribution in [-0.4, -0.2) is 58.8 Å². The highest BCUT2D eigenvalue weighted by atomic mass is 16.5. The van der Waals surface area contributed by atoms with Crippen molar-refractivity contribution in [2.45, 2.75) is 38.5 Å². The number of ether oxygens (including phenoxy) is 1. The number of aliphatic hydroxyl groups is 2. The molecule has 114 valence electrons. The number of aliphatic hydroxyl groups excluding tert-OH is 2. The summed E-state index contributed by atoms with van der Waals surface area (Å²) in [5.41, 5.74) is 0. The third kappa shape index (κ3) is 26.4. The molecule has 0 atom stereocenters. The maximum Gasteiger partial charge on any atom is 0.303 e. The lowest BCUT2D eigenvalue weighted by Gasteiger charge is -1.99. The third-order valence-electron chi connectivity index (χ3n) is 1.92. The first-order chi connectivity index (χ1) is 9.04. The zero-order valence-corrected chi connectivity index (χ0v) is 11.1. The van der Waals surface area contributed by atoms with Gasteiger partial charge in [0.25, 0.3) is 0 Å². The quantitative estimate of drug-likeness (QED) is 0.406. The first-order valence-corrected chi connectivity index (χ1v) is 6.27.